The van der Waals surface area contributed by atoms with Crippen LogP contribution in [0.15, 0.2) is 42.5 Å². The predicted molar refractivity (Wildman–Crippen MR) is 121 cm³/mol. The Morgan fingerprint density at radius 1 is 1.00 bits per heavy atom. The molecule has 162 valence electrons. The zero-order valence-electron chi connectivity index (χ0n) is 17.1. The van der Waals surface area contributed by atoms with E-state index >= 15 is 0 Å². The van der Waals surface area contributed by atoms with Gasteiger partial charge in [0.1, 0.15) is 11.8 Å². The molecule has 1 N–H and O–H groups in total. The lowest BCUT2D eigenvalue weighted by Gasteiger charge is -2.30. The molecule has 0 heterocycles. The van der Waals surface area contributed by atoms with E-state index in [4.69, 9.17) is 39.5 Å². The Hall–Kier alpha value is -1.95. The second kappa shape index (κ2) is 11.4. The summed E-state index contributed by atoms with van der Waals surface area (Å²) in [6.45, 7) is 5.32. The number of nitrogens with zero attached hydrogens (tertiary/aromatic N) is 1. The van der Waals surface area contributed by atoms with E-state index in [2.05, 4.69) is 5.32 Å². The molecule has 0 radical (unpaired) electrons. The molecule has 8 heteroatoms. The third kappa shape index (κ3) is 6.53. The quantitative estimate of drug-likeness (QED) is 0.536. The molecule has 0 aromatic heterocycles. The Balaban J connectivity index is 2.24. The molecule has 30 heavy (non-hydrogen) atoms. The van der Waals surface area contributed by atoms with E-state index in [1.807, 2.05) is 13.8 Å². The molecule has 2 unspecified atom stereocenters. The molecule has 0 spiro atoms. The largest absolute Gasteiger partial charge is 0.482 e. The van der Waals surface area contributed by atoms with Crippen molar-refractivity contribution in [2.75, 3.05) is 6.61 Å². The summed E-state index contributed by atoms with van der Waals surface area (Å²) in [5.41, 5.74) is 0.565. The van der Waals surface area contributed by atoms with Crippen LogP contribution in [0.25, 0.3) is 0 Å². The van der Waals surface area contributed by atoms with Crippen LogP contribution in [0.1, 0.15) is 32.8 Å². The van der Waals surface area contributed by atoms with Crippen LogP contribution in [0.5, 0.6) is 5.75 Å². The van der Waals surface area contributed by atoms with E-state index in [1.54, 1.807) is 49.4 Å². The number of halogens is 3. The van der Waals surface area contributed by atoms with Crippen molar-refractivity contribution >= 4 is 46.6 Å². The molecule has 0 saturated carbocycles. The maximum absolute atomic E-state index is 13.0. The van der Waals surface area contributed by atoms with E-state index in [1.165, 1.54) is 4.90 Å². The number of nitrogens with one attached hydrogen (secondary N) is 1. The third-order valence-corrected chi connectivity index (χ3v) is 5.77. The second-order valence-corrected chi connectivity index (χ2v) is 8.16. The fraction of sp³-hybridized carbons (Fsp3) is 0.364. The standard InChI is InChI=1S/C22H25Cl3N2O3/c1-4-14(2)26-22(29)15(3)27(12-16-17(23)9-7-10-18(16)24)21(28)13-30-20-11-6-5-8-19(20)25/h5-11,14-15H,4,12-13H2,1-3H3,(H,26,29). The van der Waals surface area contributed by atoms with Gasteiger partial charge in [-0.3, -0.25) is 9.59 Å². The Kier molecular flexibility index (Phi) is 9.28. The molecule has 5 nitrogen and oxygen atoms in total. The first kappa shape index (κ1) is 24.3. The minimum absolute atomic E-state index is 0.0137. The number of para-hydroxylation sites is 1. The smallest absolute Gasteiger partial charge is 0.261 e. The minimum Gasteiger partial charge on any atom is -0.482 e. The highest BCUT2D eigenvalue weighted by Gasteiger charge is 2.28. The van der Waals surface area contributed by atoms with Crippen LogP contribution in [0.3, 0.4) is 0 Å². The van der Waals surface area contributed by atoms with E-state index in [0.29, 0.717) is 26.4 Å². The summed E-state index contributed by atoms with van der Waals surface area (Å²) in [7, 11) is 0. The lowest BCUT2D eigenvalue weighted by molar-refractivity contribution is -0.142. The highest BCUT2D eigenvalue weighted by atomic mass is 35.5. The van der Waals surface area contributed by atoms with E-state index < -0.39 is 11.9 Å². The topological polar surface area (TPSA) is 58.6 Å². The lowest BCUT2D eigenvalue weighted by Crippen LogP contribution is -2.50. The first-order valence-electron chi connectivity index (χ1n) is 9.64. The molecular weight excluding hydrogens is 447 g/mol. The number of carbonyl (C=O) groups is 2. The van der Waals surface area contributed by atoms with Crippen molar-refractivity contribution in [1.29, 1.82) is 0 Å². The molecule has 0 bridgehead atoms. The summed E-state index contributed by atoms with van der Waals surface area (Å²) in [5, 5.41) is 4.14. The number of benzene rings is 2. The van der Waals surface area contributed by atoms with Gasteiger partial charge in [0.25, 0.3) is 5.91 Å². The Morgan fingerprint density at radius 2 is 1.60 bits per heavy atom. The van der Waals surface area contributed by atoms with Crippen LogP contribution in [0, 0.1) is 0 Å². The van der Waals surface area contributed by atoms with Gasteiger partial charge in [0.2, 0.25) is 5.91 Å². The van der Waals surface area contributed by atoms with Gasteiger partial charge >= 0.3 is 0 Å². The number of hydrogen-bond donors (Lipinski definition) is 1. The van der Waals surface area contributed by atoms with Crippen LogP contribution in [0.4, 0.5) is 0 Å². The first-order valence-corrected chi connectivity index (χ1v) is 10.8. The van der Waals surface area contributed by atoms with Crippen molar-refractivity contribution in [3.8, 4) is 5.75 Å². The normalized spacial score (nSPS) is 12.7. The molecule has 0 fully saturated rings. The molecule has 2 rings (SSSR count). The van der Waals surface area contributed by atoms with Crippen LogP contribution < -0.4 is 10.1 Å². The molecule has 2 amide bonds. The molecule has 0 aliphatic carbocycles. The van der Waals surface area contributed by atoms with Gasteiger partial charge in [0.05, 0.1) is 5.02 Å². The number of ether oxygens (including phenoxy) is 1. The summed E-state index contributed by atoms with van der Waals surface area (Å²) in [6.07, 6.45) is 0.776. The van der Waals surface area contributed by atoms with Crippen molar-refractivity contribution in [2.24, 2.45) is 0 Å². The fourth-order valence-electron chi connectivity index (χ4n) is 2.69. The van der Waals surface area contributed by atoms with Gasteiger partial charge in [0.15, 0.2) is 6.61 Å². The van der Waals surface area contributed by atoms with Crippen LogP contribution in [-0.4, -0.2) is 35.4 Å². The van der Waals surface area contributed by atoms with Gasteiger partial charge < -0.3 is 15.0 Å². The molecule has 2 aromatic rings. The Bertz CT molecular complexity index is 871. The molecular formula is C22H25Cl3N2O3. The maximum atomic E-state index is 13.0. The molecule has 0 aliphatic rings. The van der Waals surface area contributed by atoms with Crippen molar-refractivity contribution < 1.29 is 14.3 Å². The first-order chi connectivity index (χ1) is 14.2. The average molecular weight is 472 g/mol. The molecule has 2 aromatic carbocycles. The summed E-state index contributed by atoms with van der Waals surface area (Å²) in [4.78, 5) is 27.2. The SMILES string of the molecule is CCC(C)NC(=O)C(C)N(Cc1c(Cl)cccc1Cl)C(=O)COc1ccccc1Cl. The number of rotatable bonds is 9. The average Bonchev–Trinajstić information content (AvgIpc) is 2.72. The van der Waals surface area contributed by atoms with E-state index in [0.717, 1.165) is 6.42 Å². The van der Waals surface area contributed by atoms with Gasteiger partial charge in [-0.15, -0.1) is 0 Å². The summed E-state index contributed by atoms with van der Waals surface area (Å²) >= 11 is 18.7. The second-order valence-electron chi connectivity index (χ2n) is 6.93. The third-order valence-electron chi connectivity index (χ3n) is 4.75. The fourth-order valence-corrected chi connectivity index (χ4v) is 3.39. The highest BCUT2D eigenvalue weighted by Crippen LogP contribution is 2.27. The van der Waals surface area contributed by atoms with Crippen molar-refractivity contribution in [2.45, 2.75) is 45.8 Å². The zero-order valence-corrected chi connectivity index (χ0v) is 19.4. The van der Waals surface area contributed by atoms with E-state index in [-0.39, 0.29) is 25.1 Å². The van der Waals surface area contributed by atoms with Gasteiger partial charge in [-0.05, 0) is 44.5 Å². The number of carbonyl (C=O) groups excluding carboxylic acids is 2. The molecule has 0 aliphatic heterocycles. The summed E-state index contributed by atoms with van der Waals surface area (Å²) in [5.74, 6) is -0.267. The summed E-state index contributed by atoms with van der Waals surface area (Å²) < 4.78 is 5.59. The van der Waals surface area contributed by atoms with Crippen molar-refractivity contribution in [3.05, 3.63) is 63.1 Å². The lowest BCUT2D eigenvalue weighted by atomic mass is 10.1. The van der Waals surface area contributed by atoms with Crippen LogP contribution in [-0.2, 0) is 16.1 Å². The van der Waals surface area contributed by atoms with Crippen molar-refractivity contribution in [1.82, 2.24) is 10.2 Å². The summed E-state index contributed by atoms with van der Waals surface area (Å²) in [6, 6.07) is 11.2. The monoisotopic (exact) mass is 470 g/mol. The van der Waals surface area contributed by atoms with Gasteiger partial charge in [-0.25, -0.2) is 0 Å². The Labute approximate surface area is 192 Å². The van der Waals surface area contributed by atoms with Gasteiger partial charge in [-0.2, -0.15) is 0 Å². The minimum atomic E-state index is -0.756. The highest BCUT2D eigenvalue weighted by molar-refractivity contribution is 6.36. The predicted octanol–water partition coefficient (Wildman–Crippen LogP) is 5.36. The molecule has 0 saturated heterocycles. The Morgan fingerprint density at radius 3 is 2.20 bits per heavy atom. The number of amides is 2. The van der Waals surface area contributed by atoms with Gasteiger partial charge in [-0.1, -0.05) is 59.9 Å². The van der Waals surface area contributed by atoms with Crippen LogP contribution >= 0.6 is 34.8 Å². The van der Waals surface area contributed by atoms with Crippen molar-refractivity contribution in [3.63, 3.8) is 0 Å². The zero-order chi connectivity index (χ0) is 22.3. The van der Waals surface area contributed by atoms with Crippen LogP contribution in [0.2, 0.25) is 15.1 Å². The van der Waals surface area contributed by atoms with Gasteiger partial charge in [0, 0.05) is 28.2 Å². The maximum Gasteiger partial charge on any atom is 0.261 e. The number of hydrogen-bond acceptors (Lipinski definition) is 3. The molecule has 2 atom stereocenters. The van der Waals surface area contributed by atoms with E-state index in [9.17, 15) is 9.59 Å².